The summed E-state index contributed by atoms with van der Waals surface area (Å²) in [4.78, 5) is 17.8. The van der Waals surface area contributed by atoms with E-state index in [1.807, 2.05) is 22.6 Å². The van der Waals surface area contributed by atoms with Crippen molar-refractivity contribution in [1.29, 1.82) is 0 Å². The molecule has 7 heteroatoms. The first-order valence-electron chi connectivity index (χ1n) is 5.02. The fourth-order valence-corrected chi connectivity index (χ4v) is 2.02. The Kier molecular flexibility index (Phi) is 4.20. The van der Waals surface area contributed by atoms with Gasteiger partial charge < -0.3 is 15.5 Å². The lowest BCUT2D eigenvalue weighted by molar-refractivity contribution is 0.451. The zero-order valence-electron chi connectivity index (χ0n) is 9.11. The number of rotatable bonds is 3. The van der Waals surface area contributed by atoms with Gasteiger partial charge in [-0.25, -0.2) is 4.98 Å². The van der Waals surface area contributed by atoms with E-state index >= 15 is 0 Å². The number of nitrogens with one attached hydrogen (secondary N) is 1. The van der Waals surface area contributed by atoms with Gasteiger partial charge in [0.1, 0.15) is 9.32 Å². The number of ether oxygens (including phenoxy) is 1. The third-order valence-electron chi connectivity index (χ3n) is 2.25. The summed E-state index contributed by atoms with van der Waals surface area (Å²) in [6.45, 7) is 0.245. The third-order valence-corrected chi connectivity index (χ3v) is 3.56. The second-order valence-corrected chi connectivity index (χ2v) is 4.86. The van der Waals surface area contributed by atoms with E-state index in [4.69, 9.17) is 22.1 Å². The summed E-state index contributed by atoms with van der Waals surface area (Å²) >= 11 is 7.89. The number of aromatic amines is 1. The van der Waals surface area contributed by atoms with Crippen molar-refractivity contribution in [3.8, 4) is 11.6 Å². The van der Waals surface area contributed by atoms with Crippen LogP contribution in [0.1, 0.15) is 5.56 Å². The molecule has 5 nitrogen and oxygen atoms in total. The number of nitrogens with two attached hydrogens (primary N) is 1. The van der Waals surface area contributed by atoms with Gasteiger partial charge in [0.2, 0.25) is 5.88 Å². The average molecular weight is 378 g/mol. The van der Waals surface area contributed by atoms with Crippen LogP contribution in [0.4, 0.5) is 0 Å². The SMILES string of the molecule is NCc1c(Cl)cccc1Oc1nc[nH]c(=O)c1I. The summed E-state index contributed by atoms with van der Waals surface area (Å²) in [6, 6.07) is 5.21. The van der Waals surface area contributed by atoms with Crippen LogP contribution in [0, 0.1) is 3.57 Å². The summed E-state index contributed by atoms with van der Waals surface area (Å²) in [5.41, 5.74) is 6.04. The molecule has 0 aliphatic rings. The standard InChI is InChI=1S/C11H9ClIN3O2/c12-7-2-1-3-8(6(7)4-14)18-11-9(13)10(17)15-5-16-11/h1-3,5H,4,14H2,(H,15,16,17). The van der Waals surface area contributed by atoms with E-state index < -0.39 is 0 Å². The minimum Gasteiger partial charge on any atom is -0.437 e. The predicted molar refractivity (Wildman–Crippen MR) is 77.0 cm³/mol. The number of hydrogen-bond acceptors (Lipinski definition) is 4. The first-order valence-corrected chi connectivity index (χ1v) is 6.47. The molecule has 0 saturated carbocycles. The molecule has 0 spiro atoms. The maximum atomic E-state index is 11.4. The molecular formula is C11H9ClIN3O2. The van der Waals surface area contributed by atoms with Crippen LogP contribution < -0.4 is 16.0 Å². The van der Waals surface area contributed by atoms with Crippen molar-refractivity contribution in [2.45, 2.75) is 6.54 Å². The number of hydrogen-bond donors (Lipinski definition) is 2. The minimum atomic E-state index is -0.253. The van der Waals surface area contributed by atoms with Gasteiger partial charge in [-0.3, -0.25) is 4.79 Å². The van der Waals surface area contributed by atoms with Gasteiger partial charge in [0.15, 0.2) is 0 Å². The van der Waals surface area contributed by atoms with Crippen molar-refractivity contribution in [3.63, 3.8) is 0 Å². The van der Waals surface area contributed by atoms with Crippen molar-refractivity contribution in [2.75, 3.05) is 0 Å². The van der Waals surface area contributed by atoms with Crippen LogP contribution >= 0.6 is 34.2 Å². The van der Waals surface area contributed by atoms with Gasteiger partial charge in [-0.1, -0.05) is 17.7 Å². The Hall–Kier alpha value is -1.12. The van der Waals surface area contributed by atoms with Crippen molar-refractivity contribution in [1.82, 2.24) is 9.97 Å². The number of benzene rings is 1. The summed E-state index contributed by atoms with van der Waals surface area (Å²) in [6.07, 6.45) is 1.28. The second-order valence-electron chi connectivity index (χ2n) is 3.37. The molecule has 1 aromatic carbocycles. The third kappa shape index (κ3) is 2.65. The molecule has 2 rings (SSSR count). The normalized spacial score (nSPS) is 10.4. The summed E-state index contributed by atoms with van der Waals surface area (Å²) in [5.74, 6) is 0.734. The monoisotopic (exact) mass is 377 g/mol. The van der Waals surface area contributed by atoms with E-state index in [-0.39, 0.29) is 18.0 Å². The van der Waals surface area contributed by atoms with Crippen molar-refractivity contribution in [3.05, 3.63) is 49.0 Å². The Labute approximate surface area is 121 Å². The molecule has 0 bridgehead atoms. The van der Waals surface area contributed by atoms with E-state index in [1.54, 1.807) is 18.2 Å². The lowest BCUT2D eigenvalue weighted by Crippen LogP contribution is -2.11. The number of aromatic nitrogens is 2. The van der Waals surface area contributed by atoms with Gasteiger partial charge in [-0.15, -0.1) is 0 Å². The van der Waals surface area contributed by atoms with E-state index in [0.717, 1.165) is 0 Å². The number of halogens is 2. The smallest absolute Gasteiger partial charge is 0.268 e. The molecule has 0 fully saturated rings. The van der Waals surface area contributed by atoms with E-state index in [1.165, 1.54) is 6.33 Å². The quantitative estimate of drug-likeness (QED) is 0.804. The molecular weight excluding hydrogens is 368 g/mol. The molecule has 1 aromatic heterocycles. The largest absolute Gasteiger partial charge is 0.437 e. The average Bonchev–Trinajstić information content (AvgIpc) is 2.35. The minimum absolute atomic E-state index is 0.233. The fraction of sp³-hybridized carbons (Fsp3) is 0.0909. The zero-order valence-corrected chi connectivity index (χ0v) is 12.0. The predicted octanol–water partition coefficient (Wildman–Crippen LogP) is 2.28. The first kappa shape index (κ1) is 13.3. The maximum absolute atomic E-state index is 11.4. The van der Waals surface area contributed by atoms with Crippen LogP contribution in [-0.2, 0) is 6.54 Å². The van der Waals surface area contributed by atoms with Crippen molar-refractivity contribution >= 4 is 34.2 Å². The second kappa shape index (κ2) is 5.68. The molecule has 18 heavy (non-hydrogen) atoms. The number of nitrogens with zero attached hydrogens (tertiary/aromatic N) is 1. The Morgan fingerprint density at radius 2 is 2.28 bits per heavy atom. The van der Waals surface area contributed by atoms with E-state index in [2.05, 4.69) is 9.97 Å². The lowest BCUT2D eigenvalue weighted by Gasteiger charge is -2.10. The van der Waals surface area contributed by atoms with Crippen LogP contribution in [0.15, 0.2) is 29.3 Å². The summed E-state index contributed by atoms with van der Waals surface area (Å²) in [7, 11) is 0. The van der Waals surface area contributed by atoms with Gasteiger partial charge in [0.25, 0.3) is 5.56 Å². The van der Waals surface area contributed by atoms with Crippen molar-refractivity contribution < 1.29 is 4.74 Å². The molecule has 3 N–H and O–H groups in total. The van der Waals surface area contributed by atoms with Gasteiger partial charge in [-0.05, 0) is 34.7 Å². The topological polar surface area (TPSA) is 81.0 Å². The Morgan fingerprint density at radius 1 is 1.50 bits per heavy atom. The lowest BCUT2D eigenvalue weighted by atomic mass is 10.2. The van der Waals surface area contributed by atoms with Gasteiger partial charge in [-0.2, -0.15) is 0 Å². The molecule has 2 aromatic rings. The maximum Gasteiger partial charge on any atom is 0.268 e. The van der Waals surface area contributed by atoms with Gasteiger partial charge in [0, 0.05) is 17.1 Å². The van der Waals surface area contributed by atoms with Crippen LogP contribution in [0.5, 0.6) is 11.6 Å². The molecule has 94 valence electrons. The summed E-state index contributed by atoms with van der Waals surface area (Å²) in [5, 5.41) is 0.523. The highest BCUT2D eigenvalue weighted by Crippen LogP contribution is 2.30. The van der Waals surface area contributed by atoms with Crippen molar-refractivity contribution in [2.24, 2.45) is 5.73 Å². The van der Waals surface area contributed by atoms with Gasteiger partial charge in [0.05, 0.1) is 6.33 Å². The van der Waals surface area contributed by atoms with Crippen LogP contribution in [0.3, 0.4) is 0 Å². The highest BCUT2D eigenvalue weighted by Gasteiger charge is 2.12. The summed E-state index contributed by atoms with van der Waals surface area (Å²) < 4.78 is 5.96. The van der Waals surface area contributed by atoms with Gasteiger partial charge >= 0.3 is 0 Å². The molecule has 0 radical (unpaired) electrons. The Balaban J connectivity index is 2.43. The van der Waals surface area contributed by atoms with E-state index in [0.29, 0.717) is 19.9 Å². The number of H-pyrrole nitrogens is 1. The molecule has 0 aliphatic heterocycles. The zero-order chi connectivity index (χ0) is 13.1. The molecule has 0 saturated heterocycles. The Bertz CT molecular complexity index is 630. The van der Waals surface area contributed by atoms with Crippen LogP contribution in [0.25, 0.3) is 0 Å². The highest BCUT2D eigenvalue weighted by atomic mass is 127. The molecule has 0 aliphatic carbocycles. The van der Waals surface area contributed by atoms with Crippen LogP contribution in [0.2, 0.25) is 5.02 Å². The molecule has 0 atom stereocenters. The van der Waals surface area contributed by atoms with E-state index in [9.17, 15) is 4.79 Å². The van der Waals surface area contributed by atoms with Crippen LogP contribution in [-0.4, -0.2) is 9.97 Å². The Morgan fingerprint density at radius 3 is 3.00 bits per heavy atom. The molecule has 1 heterocycles. The molecule has 0 unspecified atom stereocenters. The first-order chi connectivity index (χ1) is 8.63. The fourth-order valence-electron chi connectivity index (χ4n) is 1.37. The highest BCUT2D eigenvalue weighted by molar-refractivity contribution is 14.1. The molecule has 0 amide bonds.